The monoisotopic (exact) mass is 331 g/mol. The topological polar surface area (TPSA) is 54.5 Å². The number of carbonyl (C=O) groups excluding carboxylic acids is 1. The zero-order valence-electron chi connectivity index (χ0n) is 13.2. The maximum absolute atomic E-state index is 12.3. The molecule has 0 bridgehead atoms. The van der Waals surface area contributed by atoms with E-state index in [2.05, 4.69) is 27.3 Å². The minimum absolute atomic E-state index is 0.0596. The molecule has 1 saturated heterocycles. The lowest BCUT2D eigenvalue weighted by atomic mass is 10.2. The number of aryl methyl sites for hydroxylation is 1. The molecule has 0 aliphatic carbocycles. The van der Waals surface area contributed by atoms with Crippen molar-refractivity contribution in [3.8, 4) is 0 Å². The van der Waals surface area contributed by atoms with E-state index in [9.17, 15) is 4.79 Å². The molecule has 23 heavy (non-hydrogen) atoms. The molecule has 1 aromatic heterocycles. The third-order valence-electron chi connectivity index (χ3n) is 3.77. The highest BCUT2D eigenvalue weighted by atomic mass is 32.1. The minimum Gasteiger partial charge on any atom is -0.366 e. The highest BCUT2D eigenvalue weighted by Crippen LogP contribution is 2.12. The first kappa shape index (κ1) is 16.1. The first-order chi connectivity index (χ1) is 11.2. The number of ether oxygens (including phenoxy) is 1. The van der Waals surface area contributed by atoms with Crippen LogP contribution in [-0.4, -0.2) is 41.6 Å². The molecule has 1 amide bonds. The maximum Gasteiger partial charge on any atom is 0.250 e. The Bertz CT molecular complexity index is 644. The van der Waals surface area contributed by atoms with E-state index in [0.717, 1.165) is 23.8 Å². The zero-order valence-corrected chi connectivity index (χ0v) is 14.0. The standard InChI is InChI=1S/C17H21N3O2S/c1-13-12-23-16(19-13)9-18-17(21)15-11-20(7-8-22-15)10-14-5-3-2-4-6-14/h2-6,12,15H,7-11H2,1H3,(H,18,21)/t15-/m0/s1. The molecule has 3 rings (SSSR count). The summed E-state index contributed by atoms with van der Waals surface area (Å²) in [6, 6.07) is 10.3. The normalized spacial score (nSPS) is 18.7. The zero-order chi connectivity index (χ0) is 16.1. The highest BCUT2D eigenvalue weighted by Gasteiger charge is 2.26. The average molecular weight is 331 g/mol. The van der Waals surface area contributed by atoms with Gasteiger partial charge in [0.1, 0.15) is 11.1 Å². The third-order valence-corrected chi connectivity index (χ3v) is 4.74. The molecule has 5 nitrogen and oxygen atoms in total. The lowest BCUT2D eigenvalue weighted by Gasteiger charge is -2.32. The summed E-state index contributed by atoms with van der Waals surface area (Å²) in [6.07, 6.45) is -0.409. The lowest BCUT2D eigenvalue weighted by Crippen LogP contribution is -2.49. The van der Waals surface area contributed by atoms with Crippen molar-refractivity contribution in [2.75, 3.05) is 19.7 Å². The van der Waals surface area contributed by atoms with Gasteiger partial charge in [-0.15, -0.1) is 11.3 Å². The van der Waals surface area contributed by atoms with Crippen LogP contribution in [-0.2, 0) is 22.6 Å². The minimum atomic E-state index is -0.409. The number of amides is 1. The number of hydrogen-bond donors (Lipinski definition) is 1. The first-order valence-corrected chi connectivity index (χ1v) is 8.65. The van der Waals surface area contributed by atoms with Crippen molar-refractivity contribution < 1.29 is 9.53 Å². The van der Waals surface area contributed by atoms with Gasteiger partial charge in [-0.1, -0.05) is 30.3 Å². The van der Waals surface area contributed by atoms with Crippen LogP contribution in [0.4, 0.5) is 0 Å². The van der Waals surface area contributed by atoms with Crippen LogP contribution >= 0.6 is 11.3 Å². The number of hydrogen-bond acceptors (Lipinski definition) is 5. The molecule has 1 aliphatic rings. The molecule has 1 N–H and O–H groups in total. The fourth-order valence-electron chi connectivity index (χ4n) is 2.61. The van der Waals surface area contributed by atoms with Gasteiger partial charge in [-0.3, -0.25) is 9.69 Å². The van der Waals surface area contributed by atoms with E-state index in [0.29, 0.717) is 19.7 Å². The number of nitrogens with one attached hydrogen (secondary N) is 1. The molecule has 0 unspecified atom stereocenters. The van der Waals surface area contributed by atoms with Gasteiger partial charge in [-0.05, 0) is 12.5 Å². The Hall–Kier alpha value is -1.76. The van der Waals surface area contributed by atoms with Crippen molar-refractivity contribution >= 4 is 17.2 Å². The molecule has 0 saturated carbocycles. The summed E-state index contributed by atoms with van der Waals surface area (Å²) < 4.78 is 5.63. The van der Waals surface area contributed by atoms with Crippen LogP contribution in [0.25, 0.3) is 0 Å². The summed E-state index contributed by atoms with van der Waals surface area (Å²) in [7, 11) is 0. The molecule has 1 aromatic carbocycles. The first-order valence-electron chi connectivity index (χ1n) is 7.77. The Labute approximate surface area is 140 Å². The Morgan fingerprint density at radius 1 is 1.43 bits per heavy atom. The summed E-state index contributed by atoms with van der Waals surface area (Å²) in [5.74, 6) is -0.0596. The molecule has 0 radical (unpaired) electrons. The molecule has 1 aliphatic heterocycles. The molecule has 6 heteroatoms. The number of thiazole rings is 1. The number of carbonyl (C=O) groups is 1. The largest absolute Gasteiger partial charge is 0.366 e. The van der Waals surface area contributed by atoms with E-state index in [4.69, 9.17) is 4.74 Å². The van der Waals surface area contributed by atoms with Crippen molar-refractivity contribution in [1.82, 2.24) is 15.2 Å². The molecule has 122 valence electrons. The lowest BCUT2D eigenvalue weighted by molar-refractivity contribution is -0.139. The van der Waals surface area contributed by atoms with E-state index in [1.165, 1.54) is 5.56 Å². The molecule has 2 heterocycles. The SMILES string of the molecule is Cc1csc(CNC(=O)[C@@H]2CN(Cc3ccccc3)CCO2)n1. The third kappa shape index (κ3) is 4.60. The summed E-state index contributed by atoms with van der Waals surface area (Å²) >= 11 is 1.56. The van der Waals surface area contributed by atoms with Gasteiger partial charge in [0.25, 0.3) is 5.91 Å². The van der Waals surface area contributed by atoms with E-state index in [1.807, 2.05) is 30.5 Å². The number of rotatable bonds is 5. The van der Waals surface area contributed by atoms with Crippen LogP contribution in [0.1, 0.15) is 16.3 Å². The van der Waals surface area contributed by atoms with Gasteiger partial charge in [0.2, 0.25) is 0 Å². The van der Waals surface area contributed by atoms with Gasteiger partial charge in [-0.25, -0.2) is 4.98 Å². The predicted octanol–water partition coefficient (Wildman–Crippen LogP) is 1.97. The Morgan fingerprint density at radius 3 is 3.00 bits per heavy atom. The van der Waals surface area contributed by atoms with Crippen molar-refractivity contribution in [1.29, 1.82) is 0 Å². The fourth-order valence-corrected chi connectivity index (χ4v) is 3.32. The van der Waals surface area contributed by atoms with Gasteiger partial charge in [0.15, 0.2) is 0 Å². The smallest absolute Gasteiger partial charge is 0.250 e. The van der Waals surface area contributed by atoms with E-state index >= 15 is 0 Å². The molecular weight excluding hydrogens is 310 g/mol. The van der Waals surface area contributed by atoms with E-state index in [-0.39, 0.29) is 5.91 Å². The van der Waals surface area contributed by atoms with Crippen LogP contribution in [0.5, 0.6) is 0 Å². The summed E-state index contributed by atoms with van der Waals surface area (Å²) in [5.41, 5.74) is 2.24. The number of morpholine rings is 1. The van der Waals surface area contributed by atoms with Crippen LogP contribution in [0.15, 0.2) is 35.7 Å². The van der Waals surface area contributed by atoms with Crippen molar-refractivity contribution in [3.05, 3.63) is 52.0 Å². The molecular formula is C17H21N3O2S. The highest BCUT2D eigenvalue weighted by molar-refractivity contribution is 7.09. The van der Waals surface area contributed by atoms with Crippen molar-refractivity contribution in [2.45, 2.75) is 26.1 Å². The molecule has 1 atom stereocenters. The second kappa shape index (κ2) is 7.68. The van der Waals surface area contributed by atoms with E-state index < -0.39 is 6.10 Å². The van der Waals surface area contributed by atoms with E-state index in [1.54, 1.807) is 11.3 Å². The number of nitrogens with zero attached hydrogens (tertiary/aromatic N) is 2. The van der Waals surface area contributed by atoms with Gasteiger partial charge in [-0.2, -0.15) is 0 Å². The van der Waals surface area contributed by atoms with Gasteiger partial charge in [0, 0.05) is 30.7 Å². The second-order valence-corrected chi connectivity index (χ2v) is 6.62. The van der Waals surface area contributed by atoms with Gasteiger partial charge < -0.3 is 10.1 Å². The second-order valence-electron chi connectivity index (χ2n) is 5.68. The van der Waals surface area contributed by atoms with Crippen LogP contribution in [0, 0.1) is 6.92 Å². The number of aromatic nitrogens is 1. The molecule has 1 fully saturated rings. The Kier molecular flexibility index (Phi) is 5.38. The van der Waals surface area contributed by atoms with Crippen LogP contribution in [0.2, 0.25) is 0 Å². The Balaban J connectivity index is 1.50. The van der Waals surface area contributed by atoms with Crippen molar-refractivity contribution in [3.63, 3.8) is 0 Å². The van der Waals surface area contributed by atoms with Crippen molar-refractivity contribution in [2.24, 2.45) is 0 Å². The number of benzene rings is 1. The Morgan fingerprint density at radius 2 is 2.26 bits per heavy atom. The average Bonchev–Trinajstić information content (AvgIpc) is 2.99. The van der Waals surface area contributed by atoms with Crippen LogP contribution < -0.4 is 5.32 Å². The summed E-state index contributed by atoms with van der Waals surface area (Å²) in [6.45, 7) is 5.33. The quantitative estimate of drug-likeness (QED) is 0.910. The summed E-state index contributed by atoms with van der Waals surface area (Å²) in [5, 5.41) is 5.83. The predicted molar refractivity (Wildman–Crippen MR) is 90.2 cm³/mol. The molecule has 0 spiro atoms. The maximum atomic E-state index is 12.3. The van der Waals surface area contributed by atoms with Gasteiger partial charge in [0.05, 0.1) is 13.2 Å². The fraction of sp³-hybridized carbons (Fsp3) is 0.412. The van der Waals surface area contributed by atoms with Crippen LogP contribution in [0.3, 0.4) is 0 Å². The summed E-state index contributed by atoms with van der Waals surface area (Å²) in [4.78, 5) is 18.9. The van der Waals surface area contributed by atoms with Gasteiger partial charge >= 0.3 is 0 Å². The molecule has 2 aromatic rings.